The lowest BCUT2D eigenvalue weighted by Crippen LogP contribution is -2.25. The summed E-state index contributed by atoms with van der Waals surface area (Å²) in [4.78, 5) is 4.47. The topological polar surface area (TPSA) is 64.9 Å². The van der Waals surface area contributed by atoms with Gasteiger partial charge in [0.15, 0.2) is 5.82 Å². The Morgan fingerprint density at radius 3 is 2.76 bits per heavy atom. The molecule has 29 heavy (non-hydrogen) atoms. The quantitative estimate of drug-likeness (QED) is 0.697. The number of pyridine rings is 1. The molecular weight excluding hydrogens is 386 g/mol. The molecule has 1 fully saturated rings. The Bertz CT molecular complexity index is 1030. The average Bonchev–Trinajstić information content (AvgIpc) is 3.04. The fourth-order valence-electron chi connectivity index (χ4n) is 4.39. The predicted octanol–water partition coefficient (Wildman–Crippen LogP) is 4.33. The molecule has 3 aromatic rings. The third-order valence-corrected chi connectivity index (χ3v) is 6.06. The Balaban J connectivity index is 1.35. The molecule has 5 rings (SSSR count). The molecule has 0 amide bonds. The molecule has 0 radical (unpaired) electrons. The zero-order valence-electron chi connectivity index (χ0n) is 16.4. The number of hydrogen-bond acceptors (Lipinski definition) is 5. The summed E-state index contributed by atoms with van der Waals surface area (Å²) in [7, 11) is 0. The van der Waals surface area contributed by atoms with Crippen molar-refractivity contribution in [2.24, 2.45) is 0 Å². The van der Waals surface area contributed by atoms with Crippen molar-refractivity contribution in [1.29, 1.82) is 0 Å². The predicted molar refractivity (Wildman–Crippen MR) is 112 cm³/mol. The van der Waals surface area contributed by atoms with Gasteiger partial charge in [0.25, 0.3) is 0 Å². The summed E-state index contributed by atoms with van der Waals surface area (Å²) in [5, 5.41) is 13.3. The average molecular weight is 410 g/mol. The molecule has 0 saturated heterocycles. The molecule has 0 spiro atoms. The van der Waals surface area contributed by atoms with Gasteiger partial charge < -0.3 is 10.1 Å². The van der Waals surface area contributed by atoms with Gasteiger partial charge in [0.1, 0.15) is 11.9 Å². The number of rotatable bonds is 3. The molecule has 1 aromatic carbocycles. The van der Waals surface area contributed by atoms with E-state index in [-0.39, 0.29) is 6.10 Å². The minimum atomic E-state index is 0.208. The van der Waals surface area contributed by atoms with Crippen LogP contribution in [0.4, 0.5) is 0 Å². The van der Waals surface area contributed by atoms with Crippen LogP contribution in [0.25, 0.3) is 5.69 Å². The lowest BCUT2D eigenvalue weighted by atomic mass is 9.86. The number of nitrogens with one attached hydrogen (secondary N) is 1. The Kier molecular flexibility index (Phi) is 4.97. The number of ether oxygens (including phenoxy) is 1. The Morgan fingerprint density at radius 2 is 1.93 bits per heavy atom. The number of halogens is 1. The number of aryl methyl sites for hydroxylation is 1. The fraction of sp³-hybridized carbons (Fsp3) is 0.409. The van der Waals surface area contributed by atoms with E-state index in [1.807, 2.05) is 37.3 Å². The van der Waals surface area contributed by atoms with Crippen molar-refractivity contribution in [3.8, 4) is 11.6 Å². The Labute approximate surface area is 175 Å². The van der Waals surface area contributed by atoms with Crippen molar-refractivity contribution in [2.45, 2.75) is 57.7 Å². The van der Waals surface area contributed by atoms with Crippen LogP contribution in [0.2, 0.25) is 5.02 Å². The van der Waals surface area contributed by atoms with Gasteiger partial charge in [0.2, 0.25) is 5.88 Å². The first-order valence-corrected chi connectivity index (χ1v) is 10.6. The van der Waals surface area contributed by atoms with E-state index in [1.54, 1.807) is 0 Å². The summed E-state index contributed by atoms with van der Waals surface area (Å²) in [6.07, 6.45) is 4.26. The monoisotopic (exact) mass is 409 g/mol. The van der Waals surface area contributed by atoms with Gasteiger partial charge in [-0.3, -0.25) is 4.57 Å². The highest BCUT2D eigenvalue weighted by Gasteiger charge is 2.30. The molecule has 2 aromatic heterocycles. The molecule has 2 aliphatic rings. The largest absolute Gasteiger partial charge is 0.474 e. The highest BCUT2D eigenvalue weighted by molar-refractivity contribution is 6.30. The van der Waals surface area contributed by atoms with Gasteiger partial charge in [-0.25, -0.2) is 4.98 Å². The minimum Gasteiger partial charge on any atom is -0.474 e. The Morgan fingerprint density at radius 1 is 1.07 bits per heavy atom. The van der Waals surface area contributed by atoms with E-state index >= 15 is 0 Å². The van der Waals surface area contributed by atoms with Crippen molar-refractivity contribution in [2.75, 3.05) is 0 Å². The third kappa shape index (κ3) is 3.74. The van der Waals surface area contributed by atoms with Crippen molar-refractivity contribution in [3.63, 3.8) is 0 Å². The maximum absolute atomic E-state index is 6.22. The van der Waals surface area contributed by atoms with E-state index in [0.29, 0.717) is 12.5 Å². The first-order chi connectivity index (χ1) is 14.2. The lowest BCUT2D eigenvalue weighted by Gasteiger charge is -2.28. The molecule has 7 heteroatoms. The van der Waals surface area contributed by atoms with Gasteiger partial charge >= 0.3 is 0 Å². The van der Waals surface area contributed by atoms with Crippen LogP contribution in [-0.2, 0) is 13.1 Å². The van der Waals surface area contributed by atoms with Crippen LogP contribution in [0.5, 0.6) is 5.88 Å². The first-order valence-electron chi connectivity index (χ1n) is 10.2. The van der Waals surface area contributed by atoms with Crippen LogP contribution in [0.15, 0.2) is 36.4 Å². The second-order valence-electron chi connectivity index (χ2n) is 7.90. The van der Waals surface area contributed by atoms with Crippen LogP contribution >= 0.6 is 11.6 Å². The third-order valence-electron chi connectivity index (χ3n) is 5.83. The number of fused-ring (bicyclic) bond motifs is 3. The van der Waals surface area contributed by atoms with Gasteiger partial charge in [-0.15, -0.1) is 10.2 Å². The molecule has 150 valence electrons. The SMILES string of the molecule is Cc1cccc(OC2CCC(c3nnc4n3-c3ccc(Cl)cc3CNC4)CC2)n1. The first kappa shape index (κ1) is 18.6. The Hall–Kier alpha value is -2.44. The van der Waals surface area contributed by atoms with E-state index in [1.165, 1.54) is 5.56 Å². The standard InChI is InChI=1S/C22H24ClN5O/c1-14-3-2-4-21(25-14)29-18-8-5-15(6-9-18)22-27-26-20-13-24-12-16-11-17(23)7-10-19(16)28(20)22/h2-4,7,10-11,15,18,24H,5-6,8-9,12-13H2,1H3. The van der Waals surface area contributed by atoms with Gasteiger partial charge in [-0.2, -0.15) is 0 Å². The van der Waals surface area contributed by atoms with Crippen molar-refractivity contribution >= 4 is 11.6 Å². The summed E-state index contributed by atoms with van der Waals surface area (Å²) in [5.74, 6) is 3.12. The van der Waals surface area contributed by atoms with E-state index in [2.05, 4.69) is 31.1 Å². The molecule has 6 nitrogen and oxygen atoms in total. The van der Waals surface area contributed by atoms with Gasteiger partial charge in [-0.05, 0) is 62.4 Å². The van der Waals surface area contributed by atoms with Crippen molar-refractivity contribution in [3.05, 3.63) is 64.3 Å². The highest BCUT2D eigenvalue weighted by Crippen LogP contribution is 2.36. The summed E-state index contributed by atoms with van der Waals surface area (Å²) >= 11 is 6.22. The lowest BCUT2D eigenvalue weighted by molar-refractivity contribution is 0.138. The van der Waals surface area contributed by atoms with Crippen molar-refractivity contribution < 1.29 is 4.74 Å². The maximum Gasteiger partial charge on any atom is 0.213 e. The van der Waals surface area contributed by atoms with E-state index in [9.17, 15) is 0 Å². The number of aromatic nitrogens is 4. The van der Waals surface area contributed by atoms with Crippen LogP contribution < -0.4 is 10.1 Å². The summed E-state index contributed by atoms with van der Waals surface area (Å²) in [6, 6.07) is 12.0. The summed E-state index contributed by atoms with van der Waals surface area (Å²) in [5.41, 5.74) is 3.30. The number of hydrogen-bond donors (Lipinski definition) is 1. The van der Waals surface area contributed by atoms with Gasteiger partial charge in [-0.1, -0.05) is 17.7 Å². The zero-order valence-corrected chi connectivity index (χ0v) is 17.2. The second kappa shape index (κ2) is 7.76. The van der Waals surface area contributed by atoms with Crippen LogP contribution in [0.3, 0.4) is 0 Å². The van der Waals surface area contributed by atoms with E-state index in [0.717, 1.165) is 66.2 Å². The van der Waals surface area contributed by atoms with E-state index in [4.69, 9.17) is 16.3 Å². The van der Waals surface area contributed by atoms with Crippen molar-refractivity contribution in [1.82, 2.24) is 25.1 Å². The molecule has 3 heterocycles. The summed E-state index contributed by atoms with van der Waals surface area (Å²) < 4.78 is 8.36. The molecule has 0 atom stereocenters. The number of benzene rings is 1. The molecule has 1 aliphatic carbocycles. The maximum atomic E-state index is 6.22. The van der Waals surface area contributed by atoms with Crippen LogP contribution in [0.1, 0.15) is 54.5 Å². The highest BCUT2D eigenvalue weighted by atomic mass is 35.5. The molecule has 1 saturated carbocycles. The van der Waals surface area contributed by atoms with E-state index < -0.39 is 0 Å². The molecule has 0 bridgehead atoms. The van der Waals surface area contributed by atoms with Crippen LogP contribution in [-0.4, -0.2) is 25.9 Å². The minimum absolute atomic E-state index is 0.208. The normalized spacial score (nSPS) is 21.2. The van der Waals surface area contributed by atoms with Crippen LogP contribution in [0, 0.1) is 6.92 Å². The zero-order chi connectivity index (χ0) is 19.8. The second-order valence-corrected chi connectivity index (χ2v) is 8.33. The fourth-order valence-corrected chi connectivity index (χ4v) is 4.58. The molecule has 0 unspecified atom stereocenters. The number of nitrogens with zero attached hydrogens (tertiary/aromatic N) is 4. The van der Waals surface area contributed by atoms with Gasteiger partial charge in [0, 0.05) is 29.2 Å². The summed E-state index contributed by atoms with van der Waals surface area (Å²) in [6.45, 7) is 3.47. The molecule has 1 aliphatic heterocycles. The molecular formula is C22H24ClN5O. The molecule has 1 N–H and O–H groups in total. The smallest absolute Gasteiger partial charge is 0.213 e. The van der Waals surface area contributed by atoms with Gasteiger partial charge in [0.05, 0.1) is 12.2 Å².